The molecular formula is C38H56N2O3S. The predicted octanol–water partition coefficient (Wildman–Crippen LogP) is 10.2. The van der Waals surface area contributed by atoms with E-state index in [1.54, 1.807) is 11.3 Å². The maximum Gasteiger partial charge on any atom is 0.410 e. The van der Waals surface area contributed by atoms with Gasteiger partial charge in [0, 0.05) is 30.3 Å². The van der Waals surface area contributed by atoms with Crippen molar-refractivity contribution in [3.05, 3.63) is 88.5 Å². The Bertz CT molecular complexity index is 1160. The van der Waals surface area contributed by atoms with E-state index in [0.717, 1.165) is 81.3 Å². The largest absolute Gasteiger partial charge is 0.444 e. The fourth-order valence-corrected chi connectivity index (χ4v) is 6.09. The molecule has 44 heavy (non-hydrogen) atoms. The zero-order valence-corrected chi connectivity index (χ0v) is 28.7. The van der Waals surface area contributed by atoms with Crippen molar-refractivity contribution in [2.24, 2.45) is 0 Å². The van der Waals surface area contributed by atoms with Crippen molar-refractivity contribution in [1.29, 1.82) is 0 Å². The molecule has 0 aliphatic heterocycles. The SMILES string of the molecule is CC/C=C\C/C=C\C/C=C\C/C=C\C/C=C\C/C=C\CCC(=O)Cc1nc2c(s1)C[C@H](N(CCC)C(=O)OC(C)(C)C)CC2. The molecule has 1 aromatic rings. The molecule has 242 valence electrons. The lowest BCUT2D eigenvalue weighted by Gasteiger charge is -2.35. The van der Waals surface area contributed by atoms with Crippen molar-refractivity contribution in [3.8, 4) is 0 Å². The molecular weight excluding hydrogens is 564 g/mol. The standard InChI is InChI=1S/C38H56N2O3S/c1-6-8-9-10-11-12-13-14-15-16-17-18-19-20-21-22-23-24-25-26-33(41)31-36-39-34-28-27-32(30-35(34)44-36)40(29-7-2)37(42)43-38(3,4)5/h8-9,11-12,14-15,17-18,20-21,23-24,32H,6-7,10,13,16,19,22,25-31H2,1-5H3/b9-8-,12-11-,15-14-,18-17-,21-20-,24-23-/t32-/m1/s1. The summed E-state index contributed by atoms with van der Waals surface area (Å²) in [5.74, 6) is 0.230. The van der Waals surface area contributed by atoms with Gasteiger partial charge in [-0.05, 0) is 85.0 Å². The fraction of sp³-hybridized carbons (Fsp3) is 0.553. The van der Waals surface area contributed by atoms with Crippen molar-refractivity contribution < 1.29 is 14.3 Å². The van der Waals surface area contributed by atoms with Crippen molar-refractivity contribution in [2.45, 2.75) is 130 Å². The number of aromatic nitrogens is 1. The number of rotatable bonds is 19. The summed E-state index contributed by atoms with van der Waals surface area (Å²) in [6.07, 6.45) is 37.1. The Balaban J connectivity index is 1.63. The monoisotopic (exact) mass is 620 g/mol. The summed E-state index contributed by atoms with van der Waals surface area (Å²) >= 11 is 1.64. The Hall–Kier alpha value is -2.99. The van der Waals surface area contributed by atoms with Crippen LogP contribution in [0.1, 0.15) is 114 Å². The quantitative estimate of drug-likeness (QED) is 0.144. The van der Waals surface area contributed by atoms with Gasteiger partial charge in [-0.2, -0.15) is 0 Å². The lowest BCUT2D eigenvalue weighted by atomic mass is 9.96. The average Bonchev–Trinajstić information content (AvgIpc) is 3.37. The molecule has 1 heterocycles. The molecule has 0 saturated heterocycles. The molecule has 0 fully saturated rings. The second kappa shape index (κ2) is 21.7. The van der Waals surface area contributed by atoms with E-state index < -0.39 is 5.60 Å². The number of allylic oxidation sites excluding steroid dienone is 12. The maximum absolute atomic E-state index is 12.8. The molecule has 5 nitrogen and oxygen atoms in total. The molecule has 0 unspecified atom stereocenters. The van der Waals surface area contributed by atoms with E-state index in [1.807, 2.05) is 25.7 Å². The molecule has 0 N–H and O–H groups in total. The highest BCUT2D eigenvalue weighted by molar-refractivity contribution is 7.11. The van der Waals surface area contributed by atoms with Gasteiger partial charge < -0.3 is 9.64 Å². The Morgan fingerprint density at radius 1 is 0.864 bits per heavy atom. The molecule has 0 aromatic carbocycles. The van der Waals surface area contributed by atoms with E-state index in [1.165, 1.54) is 4.88 Å². The smallest absolute Gasteiger partial charge is 0.410 e. The second-order valence-corrected chi connectivity index (χ2v) is 13.4. The van der Waals surface area contributed by atoms with E-state index in [2.05, 4.69) is 86.8 Å². The van der Waals surface area contributed by atoms with Crippen LogP contribution < -0.4 is 0 Å². The number of aryl methyl sites for hydroxylation is 1. The number of carbonyl (C=O) groups excluding carboxylic acids is 2. The summed E-state index contributed by atoms with van der Waals surface area (Å²) in [5.41, 5.74) is 0.595. The van der Waals surface area contributed by atoms with Crippen LogP contribution in [0.4, 0.5) is 4.79 Å². The van der Waals surface area contributed by atoms with Gasteiger partial charge in [-0.25, -0.2) is 9.78 Å². The van der Waals surface area contributed by atoms with E-state index >= 15 is 0 Å². The number of hydrogen-bond acceptors (Lipinski definition) is 5. The predicted molar refractivity (Wildman–Crippen MR) is 187 cm³/mol. The highest BCUT2D eigenvalue weighted by atomic mass is 32.1. The van der Waals surface area contributed by atoms with Gasteiger partial charge in [0.25, 0.3) is 0 Å². The molecule has 2 rings (SSSR count). The highest BCUT2D eigenvalue weighted by Crippen LogP contribution is 2.30. The number of hydrogen-bond donors (Lipinski definition) is 0. The van der Waals surface area contributed by atoms with E-state index in [4.69, 9.17) is 9.72 Å². The van der Waals surface area contributed by atoms with Crippen LogP contribution in [0.3, 0.4) is 0 Å². The number of thiazole rings is 1. The lowest BCUT2D eigenvalue weighted by molar-refractivity contribution is -0.118. The minimum atomic E-state index is -0.508. The van der Waals surface area contributed by atoms with Crippen LogP contribution >= 0.6 is 11.3 Å². The van der Waals surface area contributed by atoms with Crippen LogP contribution in [-0.2, 0) is 28.8 Å². The lowest BCUT2D eigenvalue weighted by Crippen LogP contribution is -2.46. The van der Waals surface area contributed by atoms with Gasteiger partial charge in [0.1, 0.15) is 16.4 Å². The van der Waals surface area contributed by atoms with Crippen LogP contribution in [0.15, 0.2) is 72.9 Å². The first-order chi connectivity index (χ1) is 21.2. The van der Waals surface area contributed by atoms with Crippen LogP contribution in [0.25, 0.3) is 0 Å². The zero-order valence-electron chi connectivity index (χ0n) is 27.9. The minimum Gasteiger partial charge on any atom is -0.444 e. The summed E-state index contributed by atoms with van der Waals surface area (Å²) in [6.45, 7) is 10.6. The molecule has 1 aliphatic rings. The molecule has 0 spiro atoms. The number of Topliss-reactive ketones (excluding diaryl/α,β-unsaturated/α-hetero) is 1. The van der Waals surface area contributed by atoms with Crippen LogP contribution in [0.5, 0.6) is 0 Å². The zero-order chi connectivity index (χ0) is 32.0. The third kappa shape index (κ3) is 16.2. The van der Waals surface area contributed by atoms with Crippen molar-refractivity contribution in [2.75, 3.05) is 6.54 Å². The Morgan fingerprint density at radius 3 is 1.93 bits per heavy atom. The van der Waals surface area contributed by atoms with Crippen LogP contribution in [0, 0.1) is 0 Å². The highest BCUT2D eigenvalue weighted by Gasteiger charge is 2.32. The first-order valence-corrected chi connectivity index (χ1v) is 17.4. The molecule has 0 bridgehead atoms. The van der Waals surface area contributed by atoms with E-state index in [0.29, 0.717) is 19.4 Å². The summed E-state index contributed by atoms with van der Waals surface area (Å²) < 4.78 is 5.68. The van der Waals surface area contributed by atoms with Crippen LogP contribution in [-0.4, -0.2) is 39.9 Å². The minimum absolute atomic E-state index is 0.120. The molecule has 0 radical (unpaired) electrons. The summed E-state index contributed by atoms with van der Waals surface area (Å²) in [4.78, 5) is 33.4. The number of carbonyl (C=O) groups is 2. The third-order valence-electron chi connectivity index (χ3n) is 7.03. The topological polar surface area (TPSA) is 59.5 Å². The Morgan fingerprint density at radius 2 is 1.41 bits per heavy atom. The first-order valence-electron chi connectivity index (χ1n) is 16.6. The van der Waals surface area contributed by atoms with Gasteiger partial charge in [-0.3, -0.25) is 4.79 Å². The van der Waals surface area contributed by atoms with Gasteiger partial charge in [0.2, 0.25) is 0 Å². The van der Waals surface area contributed by atoms with Crippen molar-refractivity contribution in [1.82, 2.24) is 9.88 Å². The maximum atomic E-state index is 12.8. The molecule has 1 amide bonds. The first kappa shape index (κ1) is 37.2. The Kier molecular flexibility index (Phi) is 18.3. The van der Waals surface area contributed by atoms with E-state index in [-0.39, 0.29) is 17.9 Å². The summed E-state index contributed by atoms with van der Waals surface area (Å²) in [6, 6.07) is 0.120. The van der Waals surface area contributed by atoms with E-state index in [9.17, 15) is 9.59 Å². The number of fused-ring (bicyclic) bond motifs is 1. The number of amides is 1. The Labute approximate surface area is 271 Å². The van der Waals surface area contributed by atoms with Crippen molar-refractivity contribution >= 4 is 23.2 Å². The molecule has 1 atom stereocenters. The third-order valence-corrected chi connectivity index (χ3v) is 8.15. The average molecular weight is 621 g/mol. The van der Waals surface area contributed by atoms with Gasteiger partial charge in [0.15, 0.2) is 0 Å². The normalized spacial score (nSPS) is 16.0. The second-order valence-electron chi connectivity index (χ2n) is 12.2. The molecule has 6 heteroatoms. The van der Waals surface area contributed by atoms with Gasteiger partial charge in [-0.15, -0.1) is 11.3 Å². The molecule has 0 saturated carbocycles. The number of nitrogens with zero attached hydrogens (tertiary/aromatic N) is 2. The number of ether oxygens (including phenoxy) is 1. The molecule has 1 aliphatic carbocycles. The number of ketones is 1. The van der Waals surface area contributed by atoms with Crippen molar-refractivity contribution in [3.63, 3.8) is 0 Å². The van der Waals surface area contributed by atoms with Gasteiger partial charge >= 0.3 is 6.09 Å². The summed E-state index contributed by atoms with van der Waals surface area (Å²) in [5, 5.41) is 0.905. The van der Waals surface area contributed by atoms with Gasteiger partial charge in [0.05, 0.1) is 12.1 Å². The molecule has 1 aromatic heterocycles. The fourth-order valence-electron chi connectivity index (χ4n) is 4.88. The van der Waals surface area contributed by atoms with Gasteiger partial charge in [-0.1, -0.05) is 86.8 Å². The summed E-state index contributed by atoms with van der Waals surface area (Å²) in [7, 11) is 0. The van der Waals surface area contributed by atoms with Crippen LogP contribution in [0.2, 0.25) is 0 Å².